The number of aliphatic hydroxyl groups is 1. The second kappa shape index (κ2) is 11.0. The summed E-state index contributed by atoms with van der Waals surface area (Å²) in [6.45, 7) is 1.89. The number of Topliss-reactive ketones (excluding diaryl/α,β-unsaturated/α-hetero) is 1. The lowest BCUT2D eigenvalue weighted by Crippen LogP contribution is -2.29. The van der Waals surface area contributed by atoms with Gasteiger partial charge in [-0.25, -0.2) is 0 Å². The highest BCUT2D eigenvalue weighted by atomic mass is 35.5. The maximum Gasteiger partial charge on any atom is 0.309 e. The molecule has 1 amide bonds. The summed E-state index contributed by atoms with van der Waals surface area (Å²) in [4.78, 5) is 39.9. The molecule has 0 aromatic heterocycles. The number of rotatable bonds is 7. The van der Waals surface area contributed by atoms with Gasteiger partial charge in [-0.15, -0.1) is 0 Å². The molecule has 1 atom stereocenters. The highest BCUT2D eigenvalue weighted by Gasteiger charge is 2.47. The van der Waals surface area contributed by atoms with Crippen molar-refractivity contribution in [2.75, 3.05) is 26.2 Å². The van der Waals surface area contributed by atoms with Crippen molar-refractivity contribution in [2.24, 2.45) is 0 Å². The lowest BCUT2D eigenvalue weighted by molar-refractivity contribution is -0.139. The quantitative estimate of drug-likeness (QED) is 0.196. The van der Waals surface area contributed by atoms with Gasteiger partial charge >= 0.3 is 5.97 Å². The van der Waals surface area contributed by atoms with E-state index in [0.717, 1.165) is 5.56 Å². The summed E-state index contributed by atoms with van der Waals surface area (Å²) in [6.07, 6.45) is 0.0644. The summed E-state index contributed by atoms with van der Waals surface area (Å²) >= 11 is 6.32. The molecule has 0 bridgehead atoms. The lowest BCUT2D eigenvalue weighted by Gasteiger charge is -2.26. The zero-order valence-corrected chi connectivity index (χ0v) is 22.0. The van der Waals surface area contributed by atoms with Crippen LogP contribution in [0.2, 0.25) is 5.02 Å². The van der Waals surface area contributed by atoms with Crippen molar-refractivity contribution in [2.45, 2.75) is 19.4 Å². The van der Waals surface area contributed by atoms with Crippen molar-refractivity contribution >= 4 is 40.7 Å². The predicted molar refractivity (Wildman–Crippen MR) is 143 cm³/mol. The third-order valence-electron chi connectivity index (χ3n) is 6.32. The molecule has 0 aliphatic carbocycles. The zero-order valence-electron chi connectivity index (χ0n) is 21.3. The number of aryl methyl sites for hydroxylation is 1. The van der Waals surface area contributed by atoms with Gasteiger partial charge in [-0.2, -0.15) is 0 Å². The molecular weight excluding hydrogens is 510 g/mol. The van der Waals surface area contributed by atoms with Crippen molar-refractivity contribution < 1.29 is 33.7 Å². The van der Waals surface area contributed by atoms with Gasteiger partial charge in [0, 0.05) is 11.8 Å². The summed E-state index contributed by atoms with van der Waals surface area (Å²) in [6, 6.07) is 16.0. The minimum atomic E-state index is -0.938. The standard InChI is InChI=1S/C29H26ClNO7/c1-16-6-5-7-18(12-16)26-25(27(33)20-14-21(30)23(37-3)15-22(20)36-2)28(34)29(35)31(26)19-10-8-17(9-11-19)13-24(32)38-4/h5-12,14-15,26,33H,13H2,1-4H3/b27-25+. The van der Waals surface area contributed by atoms with E-state index in [1.165, 1.54) is 38.4 Å². The fourth-order valence-electron chi connectivity index (χ4n) is 4.46. The number of carbonyl (C=O) groups excluding carboxylic acids is 3. The van der Waals surface area contributed by atoms with Gasteiger partial charge in [-0.05, 0) is 36.2 Å². The number of hydrogen-bond acceptors (Lipinski definition) is 7. The number of esters is 1. The molecule has 4 rings (SSSR count). The number of amides is 1. The second-order valence-electron chi connectivity index (χ2n) is 8.69. The first kappa shape index (κ1) is 26.8. The minimum absolute atomic E-state index is 0.0644. The minimum Gasteiger partial charge on any atom is -0.507 e. The van der Waals surface area contributed by atoms with Crippen LogP contribution in [0.15, 0.2) is 66.2 Å². The van der Waals surface area contributed by atoms with Gasteiger partial charge in [0.25, 0.3) is 11.7 Å². The van der Waals surface area contributed by atoms with Crippen molar-refractivity contribution in [3.05, 3.63) is 93.5 Å². The Morgan fingerprint density at radius 1 is 0.974 bits per heavy atom. The first-order valence-electron chi connectivity index (χ1n) is 11.6. The molecule has 0 saturated carbocycles. The molecule has 1 aliphatic rings. The van der Waals surface area contributed by atoms with Gasteiger partial charge in [-0.1, -0.05) is 53.6 Å². The summed E-state index contributed by atoms with van der Waals surface area (Å²) in [5.74, 6) is -1.96. The van der Waals surface area contributed by atoms with Crippen LogP contribution in [0.1, 0.15) is 28.3 Å². The first-order valence-corrected chi connectivity index (χ1v) is 12.0. The molecule has 3 aromatic rings. The molecule has 1 N–H and O–H groups in total. The van der Waals surface area contributed by atoms with Gasteiger partial charge < -0.3 is 19.3 Å². The monoisotopic (exact) mass is 535 g/mol. The second-order valence-corrected chi connectivity index (χ2v) is 9.10. The number of benzene rings is 3. The molecule has 0 spiro atoms. The number of aliphatic hydroxyl groups excluding tert-OH is 1. The van der Waals surface area contributed by atoms with E-state index < -0.39 is 29.5 Å². The molecule has 1 saturated heterocycles. The maximum atomic E-state index is 13.5. The van der Waals surface area contributed by atoms with Crippen LogP contribution in [0.5, 0.6) is 11.5 Å². The van der Waals surface area contributed by atoms with Crippen molar-refractivity contribution in [1.82, 2.24) is 0 Å². The summed E-state index contributed by atoms with van der Waals surface area (Å²) in [7, 11) is 4.16. The number of ketones is 1. The Bertz CT molecular complexity index is 1450. The predicted octanol–water partition coefficient (Wildman–Crippen LogP) is 5.01. The van der Waals surface area contributed by atoms with Crippen LogP contribution in [0.4, 0.5) is 5.69 Å². The van der Waals surface area contributed by atoms with Crippen LogP contribution in [-0.2, 0) is 25.5 Å². The van der Waals surface area contributed by atoms with Gasteiger partial charge in [0.15, 0.2) is 0 Å². The Morgan fingerprint density at radius 2 is 1.66 bits per heavy atom. The van der Waals surface area contributed by atoms with Crippen LogP contribution in [-0.4, -0.2) is 44.1 Å². The topological polar surface area (TPSA) is 102 Å². The Kier molecular flexibility index (Phi) is 7.73. The van der Waals surface area contributed by atoms with Crippen LogP contribution >= 0.6 is 11.6 Å². The van der Waals surface area contributed by atoms with Crippen LogP contribution in [0.25, 0.3) is 5.76 Å². The van der Waals surface area contributed by atoms with E-state index in [1.54, 1.807) is 30.3 Å². The van der Waals surface area contributed by atoms with E-state index in [-0.39, 0.29) is 28.3 Å². The normalized spacial score (nSPS) is 16.4. The number of hydrogen-bond donors (Lipinski definition) is 1. The summed E-state index contributed by atoms with van der Waals surface area (Å²) in [5.41, 5.74) is 2.67. The molecule has 1 unspecified atom stereocenters. The van der Waals surface area contributed by atoms with Crippen LogP contribution < -0.4 is 14.4 Å². The van der Waals surface area contributed by atoms with E-state index in [1.807, 2.05) is 25.1 Å². The number of anilines is 1. The third kappa shape index (κ3) is 4.95. The molecular formula is C29H26ClNO7. The number of carbonyl (C=O) groups is 3. The molecule has 0 radical (unpaired) electrons. The third-order valence-corrected chi connectivity index (χ3v) is 6.62. The van der Waals surface area contributed by atoms with Gasteiger partial charge in [0.2, 0.25) is 0 Å². The van der Waals surface area contributed by atoms with Gasteiger partial charge in [0.1, 0.15) is 17.3 Å². The average molecular weight is 536 g/mol. The first-order chi connectivity index (χ1) is 18.2. The summed E-state index contributed by atoms with van der Waals surface area (Å²) in [5, 5.41) is 11.7. The zero-order chi connectivity index (χ0) is 27.6. The van der Waals surface area contributed by atoms with Crippen molar-refractivity contribution in [3.63, 3.8) is 0 Å². The van der Waals surface area contributed by atoms with Gasteiger partial charge in [-0.3, -0.25) is 19.3 Å². The fraction of sp³-hybridized carbons (Fsp3) is 0.207. The van der Waals surface area contributed by atoms with E-state index in [9.17, 15) is 19.5 Å². The molecule has 9 heteroatoms. The largest absolute Gasteiger partial charge is 0.507 e. The van der Waals surface area contributed by atoms with E-state index in [0.29, 0.717) is 22.6 Å². The van der Waals surface area contributed by atoms with Crippen LogP contribution in [0, 0.1) is 6.92 Å². The molecule has 38 heavy (non-hydrogen) atoms. The Hall–Kier alpha value is -4.30. The van der Waals surface area contributed by atoms with Crippen molar-refractivity contribution in [1.29, 1.82) is 0 Å². The Labute approximate surface area is 225 Å². The smallest absolute Gasteiger partial charge is 0.309 e. The molecule has 1 heterocycles. The fourth-order valence-corrected chi connectivity index (χ4v) is 4.70. The Morgan fingerprint density at radius 3 is 2.26 bits per heavy atom. The van der Waals surface area contributed by atoms with Crippen LogP contribution in [0.3, 0.4) is 0 Å². The number of ether oxygens (including phenoxy) is 3. The van der Waals surface area contributed by atoms with E-state index in [2.05, 4.69) is 0 Å². The average Bonchev–Trinajstić information content (AvgIpc) is 3.18. The maximum absolute atomic E-state index is 13.5. The number of halogens is 1. The van der Waals surface area contributed by atoms with Crippen molar-refractivity contribution in [3.8, 4) is 11.5 Å². The number of methoxy groups -OCH3 is 3. The lowest BCUT2D eigenvalue weighted by atomic mass is 9.94. The molecule has 1 fully saturated rings. The SMILES string of the molecule is COC(=O)Cc1ccc(N2C(=O)C(=O)/C(=C(/O)c3cc(Cl)c(OC)cc3OC)C2c2cccc(C)c2)cc1. The highest BCUT2D eigenvalue weighted by molar-refractivity contribution is 6.51. The van der Waals surface area contributed by atoms with E-state index >= 15 is 0 Å². The molecule has 1 aliphatic heterocycles. The van der Waals surface area contributed by atoms with E-state index in [4.69, 9.17) is 25.8 Å². The number of nitrogens with zero attached hydrogens (tertiary/aromatic N) is 1. The molecule has 8 nitrogen and oxygen atoms in total. The highest BCUT2D eigenvalue weighted by Crippen LogP contribution is 2.44. The molecule has 3 aromatic carbocycles. The Balaban J connectivity index is 1.91. The summed E-state index contributed by atoms with van der Waals surface area (Å²) < 4.78 is 15.4. The van der Waals surface area contributed by atoms with Gasteiger partial charge in [0.05, 0.1) is 50.0 Å². The molecule has 196 valence electrons.